The molecule has 1 heterocycles. The van der Waals surface area contributed by atoms with Gasteiger partial charge in [0, 0.05) is 13.1 Å². The van der Waals surface area contributed by atoms with E-state index in [1.54, 1.807) is 5.30 Å². The monoisotopic (exact) mass is 544 g/mol. The first-order valence-corrected chi connectivity index (χ1v) is 13.4. The first-order chi connectivity index (χ1) is 14.6. The zero-order chi connectivity index (χ0) is 20.8. The van der Waals surface area contributed by atoms with E-state index in [0.29, 0.717) is 5.92 Å². The Kier molecular flexibility index (Phi) is 9.09. The summed E-state index contributed by atoms with van der Waals surface area (Å²) >= 11 is 0. The van der Waals surface area contributed by atoms with Crippen LogP contribution in [0.4, 0.5) is 0 Å². The topological polar surface area (TPSA) is 6.48 Å². The van der Waals surface area contributed by atoms with Crippen LogP contribution in [0.25, 0.3) is 0 Å². The first-order valence-electron chi connectivity index (χ1n) is 11.1. The Morgan fingerprint density at radius 1 is 0.677 bits per heavy atom. The van der Waals surface area contributed by atoms with Crippen molar-refractivity contribution in [1.82, 2.24) is 9.80 Å². The maximum atomic E-state index is 2.70. The fourth-order valence-corrected chi connectivity index (χ4v) is 9.86. The molecule has 0 radical (unpaired) electrons. The maximum absolute atomic E-state index is 2.70. The zero-order valence-corrected chi connectivity index (χ0v) is 21.8. The lowest BCUT2D eigenvalue weighted by Gasteiger charge is -2.43. The quantitative estimate of drug-likeness (QED) is 0.334. The third kappa shape index (κ3) is 6.61. The van der Waals surface area contributed by atoms with Gasteiger partial charge in [0.25, 0.3) is 0 Å². The molecule has 4 rings (SSSR count). The number of benzene rings is 3. The number of nitrogens with zero attached hydrogens (tertiary/aromatic N) is 2. The molecule has 4 heteroatoms. The normalized spacial score (nSPS) is 16.7. The Hall–Kier alpha value is -1.26. The Bertz CT molecular complexity index is 853. The smallest absolute Gasteiger partial charge is 0.119 e. The fourth-order valence-electron chi connectivity index (χ4n) is 4.89. The first kappa shape index (κ1) is 24.4. The van der Waals surface area contributed by atoms with Gasteiger partial charge in [-0.2, -0.15) is 0 Å². The van der Waals surface area contributed by atoms with Crippen LogP contribution < -0.4 is 29.3 Å². The molecular formula is C27H34IN2P. The van der Waals surface area contributed by atoms with Crippen molar-refractivity contribution in [2.45, 2.75) is 26.9 Å². The molecule has 1 fully saturated rings. The molecule has 3 aromatic carbocycles. The predicted molar refractivity (Wildman–Crippen MR) is 131 cm³/mol. The largest absolute Gasteiger partial charge is 1.00 e. The molecule has 1 aliphatic rings. The second-order valence-electron chi connectivity index (χ2n) is 9.11. The van der Waals surface area contributed by atoms with Crippen LogP contribution in [0.15, 0.2) is 91.0 Å². The molecule has 0 aliphatic carbocycles. The summed E-state index contributed by atoms with van der Waals surface area (Å²) in [5.74, 6) is 0.703. The van der Waals surface area contributed by atoms with E-state index in [-0.39, 0.29) is 24.0 Å². The molecular weight excluding hydrogens is 510 g/mol. The van der Waals surface area contributed by atoms with Gasteiger partial charge < -0.3 is 24.0 Å². The Morgan fingerprint density at radius 2 is 1.10 bits per heavy atom. The van der Waals surface area contributed by atoms with Gasteiger partial charge in [-0.25, -0.2) is 0 Å². The van der Waals surface area contributed by atoms with E-state index in [2.05, 4.69) is 115 Å². The summed E-state index contributed by atoms with van der Waals surface area (Å²) in [5.41, 5.74) is 2.82. The van der Waals surface area contributed by atoms with Gasteiger partial charge in [-0.15, -0.1) is 0 Å². The molecule has 0 bridgehead atoms. The van der Waals surface area contributed by atoms with Crippen molar-refractivity contribution >= 4 is 12.6 Å². The summed E-state index contributed by atoms with van der Waals surface area (Å²) in [6.45, 7) is 7.87. The average molecular weight is 544 g/mol. The molecule has 1 saturated heterocycles. The Balaban J connectivity index is 0.00000272. The van der Waals surface area contributed by atoms with Gasteiger partial charge in [0.1, 0.15) is 12.6 Å². The number of hydrogen-bond acceptors (Lipinski definition) is 2. The number of halogens is 1. The summed E-state index contributed by atoms with van der Waals surface area (Å²) in [4.78, 5) is 5.40. The van der Waals surface area contributed by atoms with Crippen molar-refractivity contribution in [3.63, 3.8) is 0 Å². The highest BCUT2D eigenvalue weighted by molar-refractivity contribution is 7.82. The zero-order valence-electron chi connectivity index (χ0n) is 18.7. The highest BCUT2D eigenvalue weighted by atomic mass is 127. The number of hydrogen-bond donors (Lipinski definition) is 0. The van der Waals surface area contributed by atoms with E-state index in [9.17, 15) is 0 Å². The van der Waals surface area contributed by atoms with Crippen LogP contribution in [-0.2, 0) is 13.1 Å². The Morgan fingerprint density at radius 3 is 1.52 bits per heavy atom. The summed E-state index contributed by atoms with van der Waals surface area (Å²) in [7, 11) is -1.33. The van der Waals surface area contributed by atoms with E-state index < -0.39 is 7.26 Å². The second kappa shape index (κ2) is 11.6. The Labute approximate surface area is 206 Å². The molecule has 2 nitrogen and oxygen atoms in total. The minimum atomic E-state index is -1.33. The highest BCUT2D eigenvalue weighted by Gasteiger charge is 2.47. The molecule has 164 valence electrons. The van der Waals surface area contributed by atoms with Crippen LogP contribution in [0.3, 0.4) is 0 Å². The summed E-state index contributed by atoms with van der Waals surface area (Å²) in [5, 5.41) is 1.59. The molecule has 0 aromatic heterocycles. The number of rotatable bonds is 7. The van der Waals surface area contributed by atoms with E-state index >= 15 is 0 Å². The van der Waals surface area contributed by atoms with Crippen molar-refractivity contribution in [2.24, 2.45) is 5.92 Å². The molecule has 3 aromatic rings. The van der Waals surface area contributed by atoms with Gasteiger partial charge in [0.2, 0.25) is 0 Å². The molecule has 31 heavy (non-hydrogen) atoms. The predicted octanol–water partition coefficient (Wildman–Crippen LogP) is 2.88. The third-order valence-electron chi connectivity index (χ3n) is 5.86. The molecule has 0 atom stereocenters. The molecule has 1 aliphatic heterocycles. The van der Waals surface area contributed by atoms with Crippen LogP contribution in [-0.4, -0.2) is 35.2 Å². The van der Waals surface area contributed by atoms with Crippen molar-refractivity contribution < 1.29 is 24.0 Å². The van der Waals surface area contributed by atoms with Crippen LogP contribution in [0, 0.1) is 5.92 Å². The molecule has 0 amide bonds. The lowest BCUT2D eigenvalue weighted by Crippen LogP contribution is -3.00. The van der Waals surface area contributed by atoms with Crippen molar-refractivity contribution in [3.8, 4) is 0 Å². The van der Waals surface area contributed by atoms with Crippen LogP contribution >= 0.6 is 7.26 Å². The lowest BCUT2D eigenvalue weighted by atomic mass is 10.2. The molecule has 0 spiro atoms. The van der Waals surface area contributed by atoms with E-state index in [1.165, 1.54) is 29.9 Å². The lowest BCUT2D eigenvalue weighted by molar-refractivity contribution is -0.00000655. The molecule has 0 N–H and O–H groups in total. The van der Waals surface area contributed by atoms with Crippen LogP contribution in [0.1, 0.15) is 25.0 Å². The molecule has 0 saturated carbocycles. The van der Waals surface area contributed by atoms with E-state index in [4.69, 9.17) is 0 Å². The van der Waals surface area contributed by atoms with Gasteiger partial charge in [-0.05, 0) is 29.2 Å². The summed E-state index contributed by atoms with van der Waals surface area (Å²) in [6.07, 6.45) is 3.75. The van der Waals surface area contributed by atoms with E-state index in [0.717, 1.165) is 19.8 Å². The van der Waals surface area contributed by atoms with Gasteiger partial charge in [-0.1, -0.05) is 92.7 Å². The van der Waals surface area contributed by atoms with Crippen LogP contribution in [0.2, 0.25) is 0 Å². The molecule has 0 unspecified atom stereocenters. The van der Waals surface area contributed by atoms with Crippen molar-refractivity contribution in [2.75, 3.05) is 25.4 Å². The maximum Gasteiger partial charge on any atom is 0.119 e. The minimum Gasteiger partial charge on any atom is -1.00 e. The minimum absolute atomic E-state index is 0. The fraction of sp³-hybridized carbons (Fsp3) is 0.333. The summed E-state index contributed by atoms with van der Waals surface area (Å²) in [6, 6.07) is 33.3. The van der Waals surface area contributed by atoms with Crippen LogP contribution in [0.5, 0.6) is 0 Å². The second-order valence-corrected chi connectivity index (χ2v) is 12.8. The highest BCUT2D eigenvalue weighted by Crippen LogP contribution is 2.61. The van der Waals surface area contributed by atoms with Crippen molar-refractivity contribution in [3.05, 3.63) is 102 Å². The average Bonchev–Trinajstić information content (AvgIpc) is 2.75. The van der Waals surface area contributed by atoms with Gasteiger partial charge in [-0.3, -0.25) is 9.80 Å². The third-order valence-corrected chi connectivity index (χ3v) is 10.6. The van der Waals surface area contributed by atoms with Gasteiger partial charge in [0.15, 0.2) is 0 Å². The van der Waals surface area contributed by atoms with E-state index in [1.807, 2.05) is 0 Å². The van der Waals surface area contributed by atoms with Gasteiger partial charge >= 0.3 is 0 Å². The summed E-state index contributed by atoms with van der Waals surface area (Å²) < 4.78 is 0. The SMILES string of the molecule is CC(C)C[P+]1(c2ccccc2)CN(Cc2ccccc2)CN(Cc2ccccc2)C1.[I-]. The van der Waals surface area contributed by atoms with Gasteiger partial charge in [0.05, 0.1) is 25.4 Å². The van der Waals surface area contributed by atoms with Crippen molar-refractivity contribution in [1.29, 1.82) is 0 Å². The standard InChI is InChI=1S/C27H34N2P.HI/c1-24(2)20-30(27-16-10-5-11-17-27)22-28(18-25-12-6-3-7-13-25)21-29(23-30)19-26-14-8-4-9-15-26;/h3-17,24H,18-23H2,1-2H3;1H/q+1;/p-1.